The molecular weight excluding hydrogens is 250 g/mol. The standard InChI is InChI=1S/C16H27N3O/c1-12(15-11-13-4-5-14(15)10-13)18-16-17-6-8-19(16)7-3-9-20-2/h6,8,12-15H,3-5,7,9-11H2,1-2H3,(H,17,18). The van der Waals surface area contributed by atoms with Crippen molar-refractivity contribution in [3.8, 4) is 0 Å². The van der Waals surface area contributed by atoms with Crippen LogP contribution in [-0.2, 0) is 11.3 Å². The maximum Gasteiger partial charge on any atom is 0.202 e. The van der Waals surface area contributed by atoms with Gasteiger partial charge in [-0.2, -0.15) is 0 Å². The number of imidazole rings is 1. The molecule has 0 spiro atoms. The van der Waals surface area contributed by atoms with Gasteiger partial charge in [0.1, 0.15) is 0 Å². The summed E-state index contributed by atoms with van der Waals surface area (Å²) in [7, 11) is 1.75. The van der Waals surface area contributed by atoms with Crippen LogP contribution in [0.25, 0.3) is 0 Å². The summed E-state index contributed by atoms with van der Waals surface area (Å²) in [6, 6.07) is 0.536. The van der Waals surface area contributed by atoms with E-state index in [0.29, 0.717) is 6.04 Å². The van der Waals surface area contributed by atoms with E-state index < -0.39 is 0 Å². The number of fused-ring (bicyclic) bond motifs is 2. The molecule has 0 aliphatic heterocycles. The van der Waals surface area contributed by atoms with Crippen molar-refractivity contribution in [3.05, 3.63) is 12.4 Å². The number of ether oxygens (including phenoxy) is 1. The Labute approximate surface area is 121 Å². The Bertz CT molecular complexity index is 431. The first kappa shape index (κ1) is 13.9. The largest absolute Gasteiger partial charge is 0.385 e. The second-order valence-corrected chi connectivity index (χ2v) is 6.56. The number of hydrogen-bond acceptors (Lipinski definition) is 3. The van der Waals surface area contributed by atoms with Gasteiger partial charge in [0, 0.05) is 38.7 Å². The third kappa shape index (κ3) is 2.85. The van der Waals surface area contributed by atoms with E-state index in [4.69, 9.17) is 4.74 Å². The molecule has 1 N–H and O–H groups in total. The Kier molecular flexibility index (Phi) is 4.29. The summed E-state index contributed by atoms with van der Waals surface area (Å²) in [6.45, 7) is 4.11. The van der Waals surface area contributed by atoms with Crippen LogP contribution >= 0.6 is 0 Å². The summed E-state index contributed by atoms with van der Waals surface area (Å²) >= 11 is 0. The van der Waals surface area contributed by atoms with Crippen molar-refractivity contribution >= 4 is 5.95 Å². The highest BCUT2D eigenvalue weighted by Gasteiger charge is 2.41. The van der Waals surface area contributed by atoms with Gasteiger partial charge in [0.15, 0.2) is 0 Å². The Morgan fingerprint density at radius 3 is 3.05 bits per heavy atom. The lowest BCUT2D eigenvalue weighted by molar-refractivity contribution is 0.190. The summed E-state index contributed by atoms with van der Waals surface area (Å²) in [4.78, 5) is 4.48. The molecule has 4 unspecified atom stereocenters. The molecule has 1 heterocycles. The molecule has 4 heteroatoms. The maximum atomic E-state index is 5.12. The molecule has 0 radical (unpaired) electrons. The zero-order chi connectivity index (χ0) is 13.9. The van der Waals surface area contributed by atoms with Crippen molar-refractivity contribution in [2.45, 2.75) is 51.6 Å². The van der Waals surface area contributed by atoms with Crippen molar-refractivity contribution in [2.75, 3.05) is 19.0 Å². The monoisotopic (exact) mass is 277 g/mol. The van der Waals surface area contributed by atoms with Crippen LogP contribution < -0.4 is 5.32 Å². The zero-order valence-corrected chi connectivity index (χ0v) is 12.7. The average molecular weight is 277 g/mol. The van der Waals surface area contributed by atoms with Gasteiger partial charge >= 0.3 is 0 Å². The van der Waals surface area contributed by atoms with E-state index in [-0.39, 0.29) is 0 Å². The van der Waals surface area contributed by atoms with E-state index in [1.165, 1.54) is 25.7 Å². The molecule has 1 aromatic heterocycles. The Hall–Kier alpha value is -1.03. The van der Waals surface area contributed by atoms with Crippen molar-refractivity contribution in [1.82, 2.24) is 9.55 Å². The van der Waals surface area contributed by atoms with Crippen LogP contribution in [0.15, 0.2) is 12.4 Å². The molecule has 4 nitrogen and oxygen atoms in total. The van der Waals surface area contributed by atoms with E-state index in [1.807, 2.05) is 6.20 Å². The first-order chi connectivity index (χ1) is 9.78. The Morgan fingerprint density at radius 1 is 1.45 bits per heavy atom. The lowest BCUT2D eigenvalue weighted by Crippen LogP contribution is -2.31. The summed E-state index contributed by atoms with van der Waals surface area (Å²) in [5.41, 5.74) is 0. The average Bonchev–Trinajstić information content (AvgIpc) is 3.15. The number of hydrogen-bond donors (Lipinski definition) is 1. The molecule has 2 bridgehead atoms. The van der Waals surface area contributed by atoms with Crippen molar-refractivity contribution < 1.29 is 4.74 Å². The van der Waals surface area contributed by atoms with Crippen molar-refractivity contribution in [1.29, 1.82) is 0 Å². The third-order valence-corrected chi connectivity index (χ3v) is 5.25. The van der Waals surface area contributed by atoms with Gasteiger partial charge in [0.2, 0.25) is 5.95 Å². The Balaban J connectivity index is 1.56. The van der Waals surface area contributed by atoms with Gasteiger partial charge in [-0.3, -0.25) is 0 Å². The number of rotatable bonds is 7. The highest BCUT2D eigenvalue weighted by atomic mass is 16.5. The molecule has 0 aromatic carbocycles. The molecule has 0 amide bonds. The highest BCUT2D eigenvalue weighted by molar-refractivity contribution is 5.28. The number of anilines is 1. The first-order valence-corrected chi connectivity index (χ1v) is 8.04. The lowest BCUT2D eigenvalue weighted by Gasteiger charge is -2.29. The number of aromatic nitrogens is 2. The molecule has 3 rings (SSSR count). The predicted molar refractivity (Wildman–Crippen MR) is 80.7 cm³/mol. The van der Waals surface area contributed by atoms with Gasteiger partial charge in [0.05, 0.1) is 0 Å². The van der Waals surface area contributed by atoms with Gasteiger partial charge < -0.3 is 14.6 Å². The Morgan fingerprint density at radius 2 is 2.35 bits per heavy atom. The lowest BCUT2D eigenvalue weighted by atomic mass is 9.84. The SMILES string of the molecule is COCCCn1ccnc1NC(C)C1CC2CCC1C2. The predicted octanol–water partition coefficient (Wildman–Crippen LogP) is 3.16. The normalized spacial score (nSPS) is 29.8. The highest BCUT2D eigenvalue weighted by Crippen LogP contribution is 2.49. The summed E-state index contributed by atoms with van der Waals surface area (Å²) in [6.07, 6.45) is 10.8. The minimum Gasteiger partial charge on any atom is -0.385 e. The second-order valence-electron chi connectivity index (χ2n) is 6.56. The van der Waals surface area contributed by atoms with E-state index in [0.717, 1.165) is 43.3 Å². The van der Waals surface area contributed by atoms with Crippen LogP contribution in [0.1, 0.15) is 39.0 Å². The van der Waals surface area contributed by atoms with Crippen LogP contribution in [0.4, 0.5) is 5.95 Å². The zero-order valence-electron chi connectivity index (χ0n) is 12.7. The fraction of sp³-hybridized carbons (Fsp3) is 0.812. The quantitative estimate of drug-likeness (QED) is 0.778. The fourth-order valence-corrected chi connectivity index (χ4v) is 4.23. The number of methoxy groups -OCH3 is 1. The molecule has 2 aliphatic carbocycles. The van der Waals surface area contributed by atoms with Crippen LogP contribution in [0.5, 0.6) is 0 Å². The molecule has 2 fully saturated rings. The molecular formula is C16H27N3O. The van der Waals surface area contributed by atoms with Gasteiger partial charge in [0.25, 0.3) is 0 Å². The van der Waals surface area contributed by atoms with Crippen LogP contribution in [-0.4, -0.2) is 29.3 Å². The molecule has 20 heavy (non-hydrogen) atoms. The first-order valence-electron chi connectivity index (χ1n) is 8.04. The molecule has 2 saturated carbocycles. The van der Waals surface area contributed by atoms with Gasteiger partial charge in [-0.15, -0.1) is 0 Å². The minimum atomic E-state index is 0.536. The maximum absolute atomic E-state index is 5.12. The van der Waals surface area contributed by atoms with E-state index >= 15 is 0 Å². The molecule has 4 atom stereocenters. The van der Waals surface area contributed by atoms with Crippen molar-refractivity contribution in [2.24, 2.45) is 17.8 Å². The molecule has 2 aliphatic rings. The minimum absolute atomic E-state index is 0.536. The summed E-state index contributed by atoms with van der Waals surface area (Å²) in [5.74, 6) is 3.84. The summed E-state index contributed by atoms with van der Waals surface area (Å²) < 4.78 is 7.33. The number of nitrogens with one attached hydrogen (secondary N) is 1. The molecule has 1 aromatic rings. The smallest absolute Gasteiger partial charge is 0.202 e. The number of nitrogens with zero attached hydrogens (tertiary/aromatic N) is 2. The van der Waals surface area contributed by atoms with Crippen LogP contribution in [0, 0.1) is 17.8 Å². The fourth-order valence-electron chi connectivity index (χ4n) is 4.23. The van der Waals surface area contributed by atoms with Gasteiger partial charge in [-0.1, -0.05) is 6.42 Å². The summed E-state index contributed by atoms with van der Waals surface area (Å²) in [5, 5.41) is 3.66. The van der Waals surface area contributed by atoms with E-state index in [1.54, 1.807) is 7.11 Å². The van der Waals surface area contributed by atoms with Crippen LogP contribution in [0.2, 0.25) is 0 Å². The number of aryl methyl sites for hydroxylation is 1. The van der Waals surface area contributed by atoms with Crippen LogP contribution in [0.3, 0.4) is 0 Å². The van der Waals surface area contributed by atoms with Gasteiger partial charge in [-0.05, 0) is 50.4 Å². The molecule has 0 saturated heterocycles. The van der Waals surface area contributed by atoms with E-state index in [9.17, 15) is 0 Å². The second kappa shape index (κ2) is 6.17. The third-order valence-electron chi connectivity index (χ3n) is 5.25. The van der Waals surface area contributed by atoms with E-state index in [2.05, 4.69) is 28.0 Å². The topological polar surface area (TPSA) is 39.1 Å². The van der Waals surface area contributed by atoms with Crippen molar-refractivity contribution in [3.63, 3.8) is 0 Å². The molecule has 112 valence electrons. The van der Waals surface area contributed by atoms with Gasteiger partial charge in [-0.25, -0.2) is 4.98 Å².